The highest BCUT2D eigenvalue weighted by Gasteiger charge is 2.12. The smallest absolute Gasteiger partial charge is 0.141 e. The van der Waals surface area contributed by atoms with Crippen LogP contribution in [0.2, 0.25) is 5.02 Å². The summed E-state index contributed by atoms with van der Waals surface area (Å²) in [6.07, 6.45) is 2.00. The number of hydrogen-bond acceptors (Lipinski definition) is 2. The topological polar surface area (TPSA) is 27.1 Å². The number of aromatic nitrogens is 2. The number of aryl methyl sites for hydroxylation is 2. The Balaban J connectivity index is 1.46. The molecule has 0 bridgehead atoms. The minimum atomic E-state index is 0.454. The van der Waals surface area contributed by atoms with E-state index in [-0.39, 0.29) is 0 Å². The van der Waals surface area contributed by atoms with Crippen molar-refractivity contribution in [3.8, 4) is 17.1 Å². The van der Waals surface area contributed by atoms with Crippen LogP contribution in [0.3, 0.4) is 0 Å². The van der Waals surface area contributed by atoms with Gasteiger partial charge in [-0.15, -0.1) is 0 Å². The lowest BCUT2D eigenvalue weighted by Crippen LogP contribution is -2.05. The van der Waals surface area contributed by atoms with E-state index in [0.29, 0.717) is 12.5 Å². The fourth-order valence-electron chi connectivity index (χ4n) is 3.92. The molecule has 4 aromatic rings. The van der Waals surface area contributed by atoms with Crippen molar-refractivity contribution in [1.29, 1.82) is 0 Å². The van der Waals surface area contributed by atoms with E-state index in [1.165, 1.54) is 11.1 Å². The van der Waals surface area contributed by atoms with Gasteiger partial charge in [-0.05, 0) is 79.3 Å². The predicted molar refractivity (Wildman–Crippen MR) is 130 cm³/mol. The van der Waals surface area contributed by atoms with E-state index >= 15 is 0 Å². The molecule has 0 N–H and O–H groups in total. The van der Waals surface area contributed by atoms with Crippen LogP contribution in [0.5, 0.6) is 5.75 Å². The highest BCUT2D eigenvalue weighted by molar-refractivity contribution is 6.30. The molecular formula is C27H29ClN2O. The number of nitrogens with zero attached hydrogens (tertiary/aromatic N) is 2. The maximum absolute atomic E-state index is 6.17. The molecule has 4 heteroatoms. The van der Waals surface area contributed by atoms with Crippen molar-refractivity contribution >= 4 is 22.6 Å². The quantitative estimate of drug-likeness (QED) is 0.267. The molecule has 4 rings (SSSR count). The molecule has 1 aromatic heterocycles. The monoisotopic (exact) mass is 432 g/mol. The number of halogens is 1. The predicted octanol–water partition coefficient (Wildman–Crippen LogP) is 7.65. The van der Waals surface area contributed by atoms with Gasteiger partial charge in [0, 0.05) is 17.1 Å². The van der Waals surface area contributed by atoms with Crippen LogP contribution >= 0.6 is 11.6 Å². The first kappa shape index (κ1) is 21.5. The molecule has 0 aliphatic rings. The van der Waals surface area contributed by atoms with Crippen molar-refractivity contribution in [3.05, 3.63) is 82.9 Å². The van der Waals surface area contributed by atoms with E-state index in [9.17, 15) is 0 Å². The number of fused-ring (bicyclic) bond motifs is 1. The van der Waals surface area contributed by atoms with Gasteiger partial charge in [-0.1, -0.05) is 49.7 Å². The Morgan fingerprint density at radius 3 is 2.52 bits per heavy atom. The van der Waals surface area contributed by atoms with Crippen LogP contribution in [-0.2, 0) is 6.54 Å². The van der Waals surface area contributed by atoms with Gasteiger partial charge in [0.05, 0.1) is 17.6 Å². The first-order chi connectivity index (χ1) is 15.0. The molecule has 0 spiro atoms. The molecule has 0 saturated carbocycles. The summed E-state index contributed by atoms with van der Waals surface area (Å²) in [7, 11) is 0. The van der Waals surface area contributed by atoms with E-state index in [2.05, 4.69) is 61.7 Å². The van der Waals surface area contributed by atoms with Gasteiger partial charge < -0.3 is 9.30 Å². The van der Waals surface area contributed by atoms with Gasteiger partial charge in [-0.25, -0.2) is 4.98 Å². The Labute approximate surface area is 189 Å². The summed E-state index contributed by atoms with van der Waals surface area (Å²) >= 11 is 6.09. The van der Waals surface area contributed by atoms with Crippen LogP contribution in [-0.4, -0.2) is 16.2 Å². The van der Waals surface area contributed by atoms with Gasteiger partial charge >= 0.3 is 0 Å². The molecule has 0 fully saturated rings. The zero-order chi connectivity index (χ0) is 21.8. The van der Waals surface area contributed by atoms with Crippen molar-refractivity contribution < 1.29 is 4.74 Å². The third-order valence-electron chi connectivity index (χ3n) is 5.58. The largest absolute Gasteiger partial charge is 0.493 e. The average molecular weight is 433 g/mol. The third-order valence-corrected chi connectivity index (χ3v) is 5.83. The fraction of sp³-hybridized carbons (Fsp3) is 0.296. The molecule has 3 nitrogen and oxygen atoms in total. The molecule has 160 valence electrons. The molecule has 3 aromatic carbocycles. The average Bonchev–Trinajstić information content (AvgIpc) is 3.12. The zero-order valence-corrected chi connectivity index (χ0v) is 19.2. The Morgan fingerprint density at radius 2 is 1.74 bits per heavy atom. The molecule has 31 heavy (non-hydrogen) atoms. The second-order valence-corrected chi connectivity index (χ2v) is 8.77. The van der Waals surface area contributed by atoms with Crippen LogP contribution in [0, 0.1) is 6.92 Å². The van der Waals surface area contributed by atoms with E-state index in [4.69, 9.17) is 21.3 Å². The van der Waals surface area contributed by atoms with Crippen molar-refractivity contribution in [2.45, 2.75) is 46.1 Å². The number of ether oxygens (including phenoxy) is 1. The number of rotatable bonds is 8. The molecule has 1 heterocycles. The second-order valence-electron chi connectivity index (χ2n) is 8.33. The molecule has 0 saturated heterocycles. The second kappa shape index (κ2) is 9.57. The summed E-state index contributed by atoms with van der Waals surface area (Å²) in [5.41, 5.74) is 5.77. The Hall–Kier alpha value is -2.78. The van der Waals surface area contributed by atoms with Crippen LogP contribution in [0.1, 0.15) is 43.7 Å². The summed E-state index contributed by atoms with van der Waals surface area (Å²) in [5, 5.41) is 0.737. The van der Waals surface area contributed by atoms with Crippen LogP contribution in [0.25, 0.3) is 22.4 Å². The van der Waals surface area contributed by atoms with E-state index in [0.717, 1.165) is 52.6 Å². The minimum Gasteiger partial charge on any atom is -0.493 e. The third kappa shape index (κ3) is 4.94. The first-order valence-electron chi connectivity index (χ1n) is 11.0. The lowest BCUT2D eigenvalue weighted by atomic mass is 10.0. The standard InChI is InChI=1S/C27H29ClN2O/c1-19(2)23-15-10-20(3)18-26(23)31-17-7-6-16-30-25-9-5-4-8-24(25)29-27(30)21-11-13-22(28)14-12-21/h4-5,8-15,18-19H,6-7,16-17H2,1-3H3. The number of unbranched alkanes of at least 4 members (excludes halogenated alkanes) is 1. The lowest BCUT2D eigenvalue weighted by Gasteiger charge is -2.15. The molecule has 0 aliphatic heterocycles. The summed E-state index contributed by atoms with van der Waals surface area (Å²) in [5.74, 6) is 2.46. The molecule has 0 atom stereocenters. The summed E-state index contributed by atoms with van der Waals surface area (Å²) < 4.78 is 8.48. The Kier molecular flexibility index (Phi) is 6.62. The fourth-order valence-corrected chi connectivity index (χ4v) is 4.04. The number of para-hydroxylation sites is 2. The molecule has 0 unspecified atom stereocenters. The van der Waals surface area contributed by atoms with Gasteiger partial charge in [-0.3, -0.25) is 0 Å². The SMILES string of the molecule is Cc1ccc(C(C)C)c(OCCCCn2c(-c3ccc(Cl)cc3)nc3ccccc32)c1. The van der Waals surface area contributed by atoms with Gasteiger partial charge in [-0.2, -0.15) is 0 Å². The van der Waals surface area contributed by atoms with E-state index < -0.39 is 0 Å². The first-order valence-corrected chi connectivity index (χ1v) is 11.4. The van der Waals surface area contributed by atoms with Crippen molar-refractivity contribution in [2.75, 3.05) is 6.61 Å². The van der Waals surface area contributed by atoms with Crippen molar-refractivity contribution in [3.63, 3.8) is 0 Å². The lowest BCUT2D eigenvalue weighted by molar-refractivity contribution is 0.299. The maximum Gasteiger partial charge on any atom is 0.141 e. The summed E-state index contributed by atoms with van der Waals surface area (Å²) in [6.45, 7) is 8.14. The van der Waals surface area contributed by atoms with Crippen molar-refractivity contribution in [1.82, 2.24) is 9.55 Å². The molecule has 0 radical (unpaired) electrons. The summed E-state index contributed by atoms with van der Waals surface area (Å²) in [4.78, 5) is 4.89. The minimum absolute atomic E-state index is 0.454. The zero-order valence-electron chi connectivity index (χ0n) is 18.4. The number of hydrogen-bond donors (Lipinski definition) is 0. The number of imidazole rings is 1. The van der Waals surface area contributed by atoms with E-state index in [1.807, 2.05) is 30.3 Å². The van der Waals surface area contributed by atoms with Gasteiger partial charge in [0.1, 0.15) is 11.6 Å². The van der Waals surface area contributed by atoms with Gasteiger partial charge in [0.25, 0.3) is 0 Å². The Morgan fingerprint density at radius 1 is 0.968 bits per heavy atom. The van der Waals surface area contributed by atoms with Gasteiger partial charge in [0.15, 0.2) is 0 Å². The van der Waals surface area contributed by atoms with Crippen LogP contribution < -0.4 is 4.74 Å². The van der Waals surface area contributed by atoms with E-state index in [1.54, 1.807) is 0 Å². The summed E-state index contributed by atoms with van der Waals surface area (Å²) in [6, 6.07) is 22.7. The highest BCUT2D eigenvalue weighted by Crippen LogP contribution is 2.28. The maximum atomic E-state index is 6.17. The molecular weight excluding hydrogens is 404 g/mol. The van der Waals surface area contributed by atoms with Crippen LogP contribution in [0.4, 0.5) is 0 Å². The molecule has 0 amide bonds. The highest BCUT2D eigenvalue weighted by atomic mass is 35.5. The van der Waals surface area contributed by atoms with Crippen LogP contribution in [0.15, 0.2) is 66.7 Å². The van der Waals surface area contributed by atoms with Gasteiger partial charge in [0.2, 0.25) is 0 Å². The Bertz CT molecular complexity index is 1160. The van der Waals surface area contributed by atoms with Crippen molar-refractivity contribution in [2.24, 2.45) is 0 Å². The number of benzene rings is 3. The molecule has 0 aliphatic carbocycles. The normalized spacial score (nSPS) is 11.4.